The van der Waals surface area contributed by atoms with Crippen molar-refractivity contribution < 1.29 is 27.4 Å². The first-order valence-corrected chi connectivity index (χ1v) is 7.76. The lowest BCUT2D eigenvalue weighted by Crippen LogP contribution is -2.61. The minimum atomic E-state index is -4.96. The second kappa shape index (κ2) is 7.26. The molecule has 2 N–H and O–H groups in total. The highest BCUT2D eigenvalue weighted by Crippen LogP contribution is 2.32. The summed E-state index contributed by atoms with van der Waals surface area (Å²) < 4.78 is 49.9. The Kier molecular flexibility index (Phi) is 5.52. The van der Waals surface area contributed by atoms with Gasteiger partial charge in [0.2, 0.25) is 5.54 Å². The predicted molar refractivity (Wildman–Crippen MR) is 86.2 cm³/mol. The van der Waals surface area contributed by atoms with Crippen LogP contribution in [0.25, 0.3) is 10.9 Å². The molecule has 1 atom stereocenters. The number of esters is 1. The van der Waals surface area contributed by atoms with Crippen LogP contribution in [0.5, 0.6) is 5.75 Å². The number of ether oxygens (including phenoxy) is 2. The van der Waals surface area contributed by atoms with E-state index in [-0.39, 0.29) is 12.3 Å². The average molecular weight is 356 g/mol. The van der Waals surface area contributed by atoms with Crippen molar-refractivity contribution >= 4 is 16.9 Å². The molecule has 0 aliphatic carbocycles. The first-order chi connectivity index (χ1) is 11.7. The van der Waals surface area contributed by atoms with Gasteiger partial charge in [-0.05, 0) is 38.1 Å². The molecule has 5 nitrogen and oxygen atoms in total. The molecule has 0 aliphatic heterocycles. The summed E-state index contributed by atoms with van der Waals surface area (Å²) >= 11 is 0. The topological polar surface area (TPSA) is 74.4 Å². The Morgan fingerprint density at radius 1 is 1.16 bits per heavy atom. The number of aromatic nitrogens is 1. The highest BCUT2D eigenvalue weighted by atomic mass is 19.4. The van der Waals surface area contributed by atoms with Gasteiger partial charge < -0.3 is 15.2 Å². The molecule has 25 heavy (non-hydrogen) atoms. The summed E-state index contributed by atoms with van der Waals surface area (Å²) in [6, 6.07) is 8.07. The summed E-state index contributed by atoms with van der Waals surface area (Å²) in [7, 11) is 0. The van der Waals surface area contributed by atoms with Crippen molar-refractivity contribution in [2.24, 2.45) is 5.73 Å². The van der Waals surface area contributed by atoms with E-state index in [1.54, 1.807) is 24.3 Å². The minimum absolute atomic E-state index is 0.0459. The monoisotopic (exact) mass is 356 g/mol. The molecular formula is C17H19F3N2O3. The summed E-state index contributed by atoms with van der Waals surface area (Å²) in [5.41, 5.74) is 2.77. The number of rotatable bonds is 6. The molecule has 1 aromatic carbocycles. The van der Waals surface area contributed by atoms with Crippen LogP contribution in [0.4, 0.5) is 13.2 Å². The maximum atomic E-state index is 13.3. The summed E-state index contributed by atoms with van der Waals surface area (Å²) in [5, 5.41) is 0.709. The number of carbonyl (C=O) groups is 1. The second-order valence-corrected chi connectivity index (χ2v) is 5.46. The van der Waals surface area contributed by atoms with Crippen LogP contribution in [0.2, 0.25) is 0 Å². The smallest absolute Gasteiger partial charge is 0.417 e. The van der Waals surface area contributed by atoms with Crippen LogP contribution < -0.4 is 10.5 Å². The Labute approximate surface area is 142 Å². The van der Waals surface area contributed by atoms with Crippen LogP contribution in [-0.2, 0) is 16.0 Å². The molecule has 0 bridgehead atoms. The van der Waals surface area contributed by atoms with Gasteiger partial charge in [-0.15, -0.1) is 0 Å². The molecule has 0 radical (unpaired) electrons. The fraction of sp³-hybridized carbons (Fsp3) is 0.412. The quantitative estimate of drug-likeness (QED) is 0.806. The molecule has 8 heteroatoms. The van der Waals surface area contributed by atoms with Gasteiger partial charge in [-0.25, -0.2) is 4.79 Å². The van der Waals surface area contributed by atoms with Crippen LogP contribution in [0.3, 0.4) is 0 Å². The van der Waals surface area contributed by atoms with Crippen LogP contribution in [0, 0.1) is 0 Å². The molecule has 1 heterocycles. The Hall–Kier alpha value is -2.35. The number of fused-ring (bicyclic) bond motifs is 1. The van der Waals surface area contributed by atoms with E-state index in [0.717, 1.165) is 0 Å². The van der Waals surface area contributed by atoms with Gasteiger partial charge in [0.25, 0.3) is 0 Å². The second-order valence-electron chi connectivity index (χ2n) is 5.46. The van der Waals surface area contributed by atoms with E-state index in [9.17, 15) is 18.0 Å². The zero-order chi connectivity index (χ0) is 18.7. The third kappa shape index (κ3) is 4.01. The van der Waals surface area contributed by atoms with Gasteiger partial charge >= 0.3 is 12.1 Å². The van der Waals surface area contributed by atoms with E-state index in [1.165, 1.54) is 13.0 Å². The van der Waals surface area contributed by atoms with Crippen molar-refractivity contribution in [3.05, 3.63) is 36.0 Å². The van der Waals surface area contributed by atoms with Gasteiger partial charge in [0.1, 0.15) is 5.75 Å². The van der Waals surface area contributed by atoms with Crippen LogP contribution >= 0.6 is 0 Å². The molecule has 2 aromatic rings. The van der Waals surface area contributed by atoms with Gasteiger partial charge in [-0.1, -0.05) is 6.07 Å². The van der Waals surface area contributed by atoms with E-state index in [4.69, 9.17) is 10.5 Å². The Balaban J connectivity index is 2.36. The molecule has 0 fully saturated rings. The fourth-order valence-electron chi connectivity index (χ4n) is 2.33. The lowest BCUT2D eigenvalue weighted by Gasteiger charge is -2.29. The fourth-order valence-corrected chi connectivity index (χ4v) is 2.33. The zero-order valence-electron chi connectivity index (χ0n) is 13.9. The first kappa shape index (κ1) is 19.0. The lowest BCUT2D eigenvalue weighted by atomic mass is 9.93. The predicted octanol–water partition coefficient (Wildman–Crippen LogP) is 3.00. The molecule has 0 unspecified atom stereocenters. The van der Waals surface area contributed by atoms with Crippen molar-refractivity contribution in [1.82, 2.24) is 4.98 Å². The largest absolute Gasteiger partial charge is 0.494 e. The van der Waals surface area contributed by atoms with Crippen LogP contribution in [0.15, 0.2) is 30.3 Å². The molecule has 1 aromatic heterocycles. The normalized spacial score (nSPS) is 14.2. The van der Waals surface area contributed by atoms with E-state index in [0.29, 0.717) is 23.3 Å². The Bertz CT molecular complexity index is 764. The molecule has 0 saturated heterocycles. The van der Waals surface area contributed by atoms with Gasteiger partial charge in [0.15, 0.2) is 0 Å². The third-order valence-electron chi connectivity index (χ3n) is 3.63. The number of nitrogens with two attached hydrogens (primary N) is 1. The third-order valence-corrected chi connectivity index (χ3v) is 3.63. The average Bonchev–Trinajstić information content (AvgIpc) is 2.54. The summed E-state index contributed by atoms with van der Waals surface area (Å²) in [6.45, 7) is 3.56. The number of hydrogen-bond acceptors (Lipinski definition) is 5. The van der Waals surface area contributed by atoms with Gasteiger partial charge in [0, 0.05) is 17.5 Å². The molecule has 0 amide bonds. The minimum Gasteiger partial charge on any atom is -0.494 e. The van der Waals surface area contributed by atoms with E-state index in [2.05, 4.69) is 9.72 Å². The number of alkyl halides is 3. The van der Waals surface area contributed by atoms with E-state index < -0.39 is 24.1 Å². The van der Waals surface area contributed by atoms with E-state index >= 15 is 0 Å². The first-order valence-electron chi connectivity index (χ1n) is 7.76. The summed E-state index contributed by atoms with van der Waals surface area (Å²) in [6.07, 6.45) is -5.77. The highest BCUT2D eigenvalue weighted by Gasteiger charge is 2.59. The van der Waals surface area contributed by atoms with Gasteiger partial charge in [0.05, 0.1) is 18.7 Å². The Morgan fingerprint density at radius 3 is 2.48 bits per heavy atom. The molecule has 136 valence electrons. The molecular weight excluding hydrogens is 337 g/mol. The molecule has 0 aliphatic rings. The number of halogens is 3. The highest BCUT2D eigenvalue weighted by molar-refractivity contribution is 5.83. The van der Waals surface area contributed by atoms with E-state index in [1.807, 2.05) is 6.92 Å². The van der Waals surface area contributed by atoms with Crippen LogP contribution in [-0.4, -0.2) is 35.9 Å². The summed E-state index contributed by atoms with van der Waals surface area (Å²) in [4.78, 5) is 16.0. The number of hydrogen-bond donors (Lipinski definition) is 1. The van der Waals surface area contributed by atoms with Crippen LogP contribution in [0.1, 0.15) is 19.5 Å². The number of nitrogens with zero attached hydrogens (tertiary/aromatic N) is 1. The van der Waals surface area contributed by atoms with Crippen molar-refractivity contribution in [3.8, 4) is 5.75 Å². The van der Waals surface area contributed by atoms with Crippen molar-refractivity contribution in [1.29, 1.82) is 0 Å². The van der Waals surface area contributed by atoms with Gasteiger partial charge in [-0.2, -0.15) is 13.2 Å². The van der Waals surface area contributed by atoms with Crippen molar-refractivity contribution in [2.75, 3.05) is 13.2 Å². The molecule has 2 rings (SSSR count). The Morgan fingerprint density at radius 2 is 1.88 bits per heavy atom. The number of benzene rings is 1. The molecule has 0 spiro atoms. The maximum absolute atomic E-state index is 13.3. The summed E-state index contributed by atoms with van der Waals surface area (Å²) in [5.74, 6) is -0.879. The maximum Gasteiger partial charge on any atom is 0.417 e. The standard InChI is InChI=1S/C17H19F3N2O3/c1-3-24-13-7-8-14-11(9-13)5-6-12(22-14)10-16(21,17(18,19)20)15(23)25-4-2/h5-9H,3-4,10,21H2,1-2H3/t16-/m0/s1. The van der Waals surface area contributed by atoms with Crippen molar-refractivity contribution in [2.45, 2.75) is 32.0 Å². The zero-order valence-corrected chi connectivity index (χ0v) is 13.9. The molecule has 0 saturated carbocycles. The SMILES string of the molecule is CCOC(=O)[C@@](N)(Cc1ccc2cc(OCC)ccc2n1)C(F)(F)F. The van der Waals surface area contributed by atoms with Gasteiger partial charge in [-0.3, -0.25) is 4.98 Å². The lowest BCUT2D eigenvalue weighted by molar-refractivity contribution is -0.205. The number of carbonyl (C=O) groups excluding carboxylic acids is 1. The number of pyridine rings is 1. The van der Waals surface area contributed by atoms with Crippen molar-refractivity contribution in [3.63, 3.8) is 0 Å².